The van der Waals surface area contributed by atoms with Gasteiger partial charge in [0.05, 0.1) is 17.4 Å². The lowest BCUT2D eigenvalue weighted by atomic mass is 10.4. The molecule has 0 bridgehead atoms. The Morgan fingerprint density at radius 1 is 1.31 bits per heavy atom. The second-order valence-electron chi connectivity index (χ2n) is 3.03. The molecule has 16 heavy (non-hydrogen) atoms. The van der Waals surface area contributed by atoms with Gasteiger partial charge in [-0.05, 0) is 0 Å². The first-order chi connectivity index (χ1) is 7.42. The fourth-order valence-electron chi connectivity index (χ4n) is 1.09. The minimum absolute atomic E-state index is 0.0289. The highest BCUT2D eigenvalue weighted by molar-refractivity contribution is 6.30. The molecule has 0 aliphatic carbocycles. The van der Waals surface area contributed by atoms with E-state index in [1.807, 2.05) is 0 Å². The fraction of sp³-hybridized carbons (Fsp3) is 0.500. The molecule has 0 atom stereocenters. The second-order valence-corrected chi connectivity index (χ2v) is 3.46. The first kappa shape index (κ1) is 13.0. The van der Waals surface area contributed by atoms with Crippen molar-refractivity contribution in [1.29, 1.82) is 0 Å². The van der Waals surface area contributed by atoms with Crippen molar-refractivity contribution in [2.75, 3.05) is 24.5 Å². The molecule has 2 N–H and O–H groups in total. The third-order valence-electron chi connectivity index (χ3n) is 1.66. The normalized spacial score (nSPS) is 11.6. The number of aromatic nitrogens is 2. The first-order valence-electron chi connectivity index (χ1n) is 4.41. The van der Waals surface area contributed by atoms with E-state index in [9.17, 15) is 13.2 Å². The summed E-state index contributed by atoms with van der Waals surface area (Å²) in [5.41, 5.74) is 5.22. The average molecular weight is 255 g/mol. The summed E-state index contributed by atoms with van der Waals surface area (Å²) in [7, 11) is 0. The molecule has 1 rings (SSSR count). The van der Waals surface area contributed by atoms with Crippen molar-refractivity contribution in [3.63, 3.8) is 0 Å². The number of hydrogen-bond acceptors (Lipinski definition) is 4. The molecule has 0 aliphatic rings. The second kappa shape index (κ2) is 5.31. The highest BCUT2D eigenvalue weighted by Gasteiger charge is 2.31. The Hall–Kier alpha value is -1.08. The lowest BCUT2D eigenvalue weighted by Gasteiger charge is -2.22. The van der Waals surface area contributed by atoms with Crippen LogP contribution in [0.4, 0.5) is 19.1 Å². The van der Waals surface area contributed by atoms with Gasteiger partial charge in [-0.15, -0.1) is 0 Å². The van der Waals surface area contributed by atoms with E-state index in [4.69, 9.17) is 17.3 Å². The zero-order chi connectivity index (χ0) is 12.2. The van der Waals surface area contributed by atoms with Crippen molar-refractivity contribution in [3.8, 4) is 0 Å². The number of halogens is 4. The molecule has 8 heteroatoms. The Kier molecular flexibility index (Phi) is 4.31. The molecule has 1 aromatic rings. The molecule has 0 unspecified atom stereocenters. The van der Waals surface area contributed by atoms with E-state index in [2.05, 4.69) is 9.97 Å². The largest absolute Gasteiger partial charge is 0.406 e. The smallest absolute Gasteiger partial charge is 0.330 e. The Morgan fingerprint density at radius 3 is 2.31 bits per heavy atom. The van der Waals surface area contributed by atoms with E-state index in [0.717, 1.165) is 4.90 Å². The minimum Gasteiger partial charge on any atom is -0.330 e. The number of alkyl halides is 3. The quantitative estimate of drug-likeness (QED) is 0.884. The Labute approximate surface area is 95.2 Å². The molecule has 0 fully saturated rings. The molecule has 90 valence electrons. The van der Waals surface area contributed by atoms with Crippen LogP contribution in [0, 0.1) is 0 Å². The molecule has 0 aliphatic heterocycles. The standard InChI is InChI=1S/C8H10ClF3N4/c9-6-3-14-7(15-4-6)16(2-1-13)5-8(10,11)12/h3-4H,1-2,5,13H2. The van der Waals surface area contributed by atoms with Gasteiger partial charge in [0.2, 0.25) is 5.95 Å². The molecule has 0 spiro atoms. The summed E-state index contributed by atoms with van der Waals surface area (Å²) >= 11 is 5.54. The van der Waals surface area contributed by atoms with E-state index in [1.54, 1.807) is 0 Å². The number of hydrogen-bond donors (Lipinski definition) is 1. The summed E-state index contributed by atoms with van der Waals surface area (Å²) in [6.45, 7) is -1.02. The van der Waals surface area contributed by atoms with Gasteiger partial charge in [-0.3, -0.25) is 0 Å². The summed E-state index contributed by atoms with van der Waals surface area (Å²) < 4.78 is 36.7. The van der Waals surface area contributed by atoms with Crippen molar-refractivity contribution in [3.05, 3.63) is 17.4 Å². The minimum atomic E-state index is -4.32. The summed E-state index contributed by atoms with van der Waals surface area (Å²) in [5, 5.41) is 0.267. The van der Waals surface area contributed by atoms with Gasteiger partial charge in [0.1, 0.15) is 6.54 Å². The van der Waals surface area contributed by atoms with Crippen molar-refractivity contribution in [2.24, 2.45) is 5.73 Å². The van der Waals surface area contributed by atoms with E-state index in [-0.39, 0.29) is 24.1 Å². The molecule has 0 saturated carbocycles. The van der Waals surface area contributed by atoms with E-state index >= 15 is 0 Å². The molecular formula is C8H10ClF3N4. The van der Waals surface area contributed by atoms with Crippen LogP contribution >= 0.6 is 11.6 Å². The zero-order valence-corrected chi connectivity index (χ0v) is 8.96. The maximum atomic E-state index is 12.2. The van der Waals surface area contributed by atoms with Crippen LogP contribution in [0.25, 0.3) is 0 Å². The van der Waals surface area contributed by atoms with Crippen LogP contribution < -0.4 is 10.6 Å². The highest BCUT2D eigenvalue weighted by atomic mass is 35.5. The molecule has 0 amide bonds. The summed E-state index contributed by atoms with van der Waals surface area (Å²) in [6.07, 6.45) is -1.84. The maximum Gasteiger partial charge on any atom is 0.406 e. The van der Waals surface area contributed by atoms with Gasteiger partial charge in [0.15, 0.2) is 0 Å². The number of rotatable bonds is 4. The van der Waals surface area contributed by atoms with Crippen LogP contribution in [0.15, 0.2) is 12.4 Å². The Morgan fingerprint density at radius 2 is 1.88 bits per heavy atom. The Balaban J connectivity index is 2.80. The molecular weight excluding hydrogens is 245 g/mol. The third kappa shape index (κ3) is 4.19. The molecule has 4 nitrogen and oxygen atoms in total. The maximum absolute atomic E-state index is 12.2. The van der Waals surface area contributed by atoms with Gasteiger partial charge < -0.3 is 10.6 Å². The van der Waals surface area contributed by atoms with Crippen LogP contribution in [-0.4, -0.2) is 35.8 Å². The van der Waals surface area contributed by atoms with Crippen molar-refractivity contribution < 1.29 is 13.2 Å². The van der Waals surface area contributed by atoms with Crippen molar-refractivity contribution in [1.82, 2.24) is 9.97 Å². The van der Waals surface area contributed by atoms with Crippen LogP contribution in [0.3, 0.4) is 0 Å². The zero-order valence-electron chi connectivity index (χ0n) is 8.21. The van der Waals surface area contributed by atoms with Crippen LogP contribution in [0.2, 0.25) is 5.02 Å². The summed E-state index contributed by atoms with van der Waals surface area (Å²) in [4.78, 5) is 8.37. The van der Waals surface area contributed by atoms with Gasteiger partial charge in [-0.1, -0.05) is 11.6 Å². The van der Waals surface area contributed by atoms with Gasteiger partial charge in [-0.2, -0.15) is 13.2 Å². The first-order valence-corrected chi connectivity index (χ1v) is 4.79. The van der Waals surface area contributed by atoms with Crippen molar-refractivity contribution >= 4 is 17.5 Å². The molecule has 1 aromatic heterocycles. The molecule has 0 saturated heterocycles. The number of nitrogens with two attached hydrogens (primary N) is 1. The van der Waals surface area contributed by atoms with Crippen LogP contribution in [-0.2, 0) is 0 Å². The van der Waals surface area contributed by atoms with E-state index in [0.29, 0.717) is 0 Å². The average Bonchev–Trinajstić information content (AvgIpc) is 2.16. The molecule has 0 aromatic carbocycles. The lowest BCUT2D eigenvalue weighted by Crippen LogP contribution is -2.38. The van der Waals surface area contributed by atoms with Crippen LogP contribution in [0.5, 0.6) is 0 Å². The fourth-order valence-corrected chi connectivity index (χ4v) is 1.19. The Bertz CT molecular complexity index is 327. The third-order valence-corrected chi connectivity index (χ3v) is 1.85. The summed E-state index contributed by atoms with van der Waals surface area (Å²) in [5.74, 6) is -0.0350. The van der Waals surface area contributed by atoms with Gasteiger partial charge >= 0.3 is 6.18 Å². The van der Waals surface area contributed by atoms with Gasteiger partial charge in [-0.25, -0.2) is 9.97 Å². The highest BCUT2D eigenvalue weighted by Crippen LogP contribution is 2.19. The van der Waals surface area contributed by atoms with E-state index < -0.39 is 12.7 Å². The number of nitrogens with zero attached hydrogens (tertiary/aromatic N) is 3. The number of anilines is 1. The topological polar surface area (TPSA) is 55.0 Å². The molecule has 0 radical (unpaired) electrons. The van der Waals surface area contributed by atoms with Crippen molar-refractivity contribution in [2.45, 2.75) is 6.18 Å². The van der Waals surface area contributed by atoms with Gasteiger partial charge in [0, 0.05) is 13.1 Å². The SMILES string of the molecule is NCCN(CC(F)(F)F)c1ncc(Cl)cn1. The lowest BCUT2D eigenvalue weighted by molar-refractivity contribution is -0.119. The van der Waals surface area contributed by atoms with Crippen LogP contribution in [0.1, 0.15) is 0 Å². The monoisotopic (exact) mass is 254 g/mol. The molecule has 1 heterocycles. The van der Waals surface area contributed by atoms with E-state index in [1.165, 1.54) is 12.4 Å². The predicted octanol–water partition coefficient (Wildman–Crippen LogP) is 1.46. The summed E-state index contributed by atoms with van der Waals surface area (Å²) in [6, 6.07) is 0. The van der Waals surface area contributed by atoms with Gasteiger partial charge in [0.25, 0.3) is 0 Å². The predicted molar refractivity (Wildman–Crippen MR) is 54.4 cm³/mol.